The first-order chi connectivity index (χ1) is 7.59. The van der Waals surface area contributed by atoms with Crippen molar-refractivity contribution in [1.82, 2.24) is 19.1 Å². The first-order valence-corrected chi connectivity index (χ1v) is 5.10. The van der Waals surface area contributed by atoms with Crippen molar-refractivity contribution in [2.24, 2.45) is 14.1 Å². The minimum absolute atomic E-state index is 0.106. The van der Waals surface area contributed by atoms with Gasteiger partial charge in [-0.15, -0.1) is 0 Å². The molecule has 1 aromatic carbocycles. The number of aromatic amines is 1. The number of imidazole rings is 2. The third-order valence-electron chi connectivity index (χ3n) is 3.15. The zero-order valence-corrected chi connectivity index (χ0v) is 9.40. The summed E-state index contributed by atoms with van der Waals surface area (Å²) in [6, 6.07) is 3.93. The van der Waals surface area contributed by atoms with E-state index in [4.69, 9.17) is 0 Å². The van der Waals surface area contributed by atoms with E-state index in [0.29, 0.717) is 0 Å². The van der Waals surface area contributed by atoms with Crippen LogP contribution in [-0.4, -0.2) is 19.1 Å². The van der Waals surface area contributed by atoms with Gasteiger partial charge in [0.25, 0.3) is 0 Å². The van der Waals surface area contributed by atoms with E-state index in [1.165, 1.54) is 0 Å². The van der Waals surface area contributed by atoms with E-state index in [0.717, 1.165) is 27.9 Å². The van der Waals surface area contributed by atoms with Gasteiger partial charge >= 0.3 is 5.69 Å². The van der Waals surface area contributed by atoms with E-state index in [2.05, 4.69) is 9.97 Å². The molecule has 0 bridgehead atoms. The second-order valence-electron chi connectivity index (χ2n) is 4.03. The van der Waals surface area contributed by atoms with Crippen LogP contribution >= 0.6 is 0 Å². The Bertz CT molecular complexity index is 760. The second-order valence-corrected chi connectivity index (χ2v) is 4.03. The highest BCUT2D eigenvalue weighted by molar-refractivity contribution is 6.00. The van der Waals surface area contributed by atoms with Crippen molar-refractivity contribution in [1.29, 1.82) is 0 Å². The molecule has 0 saturated heterocycles. The monoisotopic (exact) mass is 216 g/mol. The Morgan fingerprint density at radius 2 is 1.88 bits per heavy atom. The van der Waals surface area contributed by atoms with Crippen LogP contribution < -0.4 is 5.69 Å². The predicted octanol–water partition coefficient (Wildman–Crippen LogP) is 1.06. The van der Waals surface area contributed by atoms with Crippen LogP contribution in [0.25, 0.3) is 22.1 Å². The van der Waals surface area contributed by atoms with E-state index in [9.17, 15) is 4.79 Å². The van der Waals surface area contributed by atoms with Crippen molar-refractivity contribution in [2.75, 3.05) is 0 Å². The summed E-state index contributed by atoms with van der Waals surface area (Å²) in [5.74, 6) is 0.937. The lowest BCUT2D eigenvalue weighted by Crippen LogP contribution is -2.11. The fraction of sp³-hybridized carbons (Fsp3) is 0.273. The standard InChI is InChI=1S/C11H12N4O/c1-6-12-9-7(14(6)2)4-5-8-10(9)13-11(16)15(8)3/h4-5H,1-3H3,(H,13,16). The average molecular weight is 216 g/mol. The van der Waals surface area contributed by atoms with E-state index in [1.54, 1.807) is 11.6 Å². The Balaban J connectivity index is 2.64. The largest absolute Gasteiger partial charge is 0.331 e. The number of aromatic nitrogens is 4. The number of H-pyrrole nitrogens is 1. The molecule has 2 aromatic heterocycles. The summed E-state index contributed by atoms with van der Waals surface area (Å²) < 4.78 is 3.61. The summed E-state index contributed by atoms with van der Waals surface area (Å²) in [4.78, 5) is 18.9. The summed E-state index contributed by atoms with van der Waals surface area (Å²) in [5.41, 5.74) is 3.48. The zero-order chi connectivity index (χ0) is 11.4. The molecule has 5 nitrogen and oxygen atoms in total. The second kappa shape index (κ2) is 2.75. The molecule has 2 heterocycles. The molecular formula is C11H12N4O. The minimum atomic E-state index is -0.106. The lowest BCUT2D eigenvalue weighted by molar-refractivity contribution is 0.884. The molecule has 82 valence electrons. The van der Waals surface area contributed by atoms with Gasteiger partial charge in [-0.1, -0.05) is 0 Å². The molecule has 5 heteroatoms. The van der Waals surface area contributed by atoms with Gasteiger partial charge < -0.3 is 9.55 Å². The first kappa shape index (κ1) is 9.21. The molecule has 3 aromatic rings. The summed E-state index contributed by atoms with van der Waals surface area (Å²) in [7, 11) is 3.72. The highest BCUT2D eigenvalue weighted by Crippen LogP contribution is 2.22. The molecular weight excluding hydrogens is 204 g/mol. The van der Waals surface area contributed by atoms with E-state index in [1.807, 2.05) is 30.7 Å². The van der Waals surface area contributed by atoms with Crippen LogP contribution in [0.3, 0.4) is 0 Å². The number of fused-ring (bicyclic) bond motifs is 3. The number of nitrogens with one attached hydrogen (secondary N) is 1. The molecule has 16 heavy (non-hydrogen) atoms. The fourth-order valence-electron chi connectivity index (χ4n) is 2.07. The summed E-state index contributed by atoms with van der Waals surface area (Å²) in [6.45, 7) is 1.95. The number of benzene rings is 1. The number of nitrogens with zero attached hydrogens (tertiary/aromatic N) is 3. The highest BCUT2D eigenvalue weighted by atomic mass is 16.1. The van der Waals surface area contributed by atoms with Gasteiger partial charge in [0.05, 0.1) is 16.6 Å². The first-order valence-electron chi connectivity index (χ1n) is 5.10. The van der Waals surface area contributed by atoms with Crippen molar-refractivity contribution >= 4 is 22.1 Å². The maximum Gasteiger partial charge on any atom is 0.326 e. The quantitative estimate of drug-likeness (QED) is 0.611. The van der Waals surface area contributed by atoms with E-state index in [-0.39, 0.29) is 5.69 Å². The Morgan fingerprint density at radius 1 is 1.19 bits per heavy atom. The Labute approximate surface area is 91.3 Å². The van der Waals surface area contributed by atoms with Crippen LogP contribution in [0.5, 0.6) is 0 Å². The molecule has 0 aliphatic heterocycles. The van der Waals surface area contributed by atoms with Crippen LogP contribution in [0.4, 0.5) is 0 Å². The molecule has 0 aliphatic carbocycles. The third kappa shape index (κ3) is 0.946. The molecule has 0 atom stereocenters. The Hall–Kier alpha value is -2.04. The maximum atomic E-state index is 11.5. The van der Waals surface area contributed by atoms with Crippen molar-refractivity contribution in [3.8, 4) is 0 Å². The molecule has 0 saturated carbocycles. The van der Waals surface area contributed by atoms with Gasteiger partial charge in [-0.05, 0) is 19.1 Å². The lowest BCUT2D eigenvalue weighted by atomic mass is 10.2. The minimum Gasteiger partial charge on any atom is -0.331 e. The third-order valence-corrected chi connectivity index (χ3v) is 3.15. The van der Waals surface area contributed by atoms with Crippen LogP contribution in [-0.2, 0) is 14.1 Å². The van der Waals surface area contributed by atoms with Crippen molar-refractivity contribution in [3.63, 3.8) is 0 Å². The molecule has 1 N–H and O–H groups in total. The van der Waals surface area contributed by atoms with Crippen molar-refractivity contribution < 1.29 is 0 Å². The number of rotatable bonds is 0. The molecule has 0 amide bonds. The van der Waals surface area contributed by atoms with Crippen molar-refractivity contribution in [2.45, 2.75) is 6.92 Å². The smallest absolute Gasteiger partial charge is 0.326 e. The normalized spacial score (nSPS) is 11.7. The van der Waals surface area contributed by atoms with E-state index >= 15 is 0 Å². The molecule has 0 radical (unpaired) electrons. The van der Waals surface area contributed by atoms with Gasteiger partial charge in [-0.25, -0.2) is 9.78 Å². The predicted molar refractivity (Wildman–Crippen MR) is 62.5 cm³/mol. The highest BCUT2D eigenvalue weighted by Gasteiger charge is 2.11. The van der Waals surface area contributed by atoms with Crippen LogP contribution in [0.2, 0.25) is 0 Å². The summed E-state index contributed by atoms with van der Waals surface area (Å²) in [6.07, 6.45) is 0. The Morgan fingerprint density at radius 3 is 2.62 bits per heavy atom. The average Bonchev–Trinajstić information content (AvgIpc) is 2.70. The number of hydrogen-bond donors (Lipinski definition) is 1. The fourth-order valence-corrected chi connectivity index (χ4v) is 2.07. The summed E-state index contributed by atoms with van der Waals surface area (Å²) in [5, 5.41) is 0. The van der Waals surface area contributed by atoms with Crippen LogP contribution in [0.15, 0.2) is 16.9 Å². The molecule has 0 unspecified atom stereocenters. The molecule has 0 fully saturated rings. The van der Waals surface area contributed by atoms with Gasteiger partial charge in [0.2, 0.25) is 0 Å². The van der Waals surface area contributed by atoms with Gasteiger partial charge in [0.15, 0.2) is 0 Å². The molecule has 0 aliphatic rings. The topological polar surface area (TPSA) is 55.6 Å². The van der Waals surface area contributed by atoms with Crippen LogP contribution in [0.1, 0.15) is 5.82 Å². The number of aryl methyl sites for hydroxylation is 3. The van der Waals surface area contributed by atoms with Crippen molar-refractivity contribution in [3.05, 3.63) is 28.4 Å². The van der Waals surface area contributed by atoms with Crippen LogP contribution in [0, 0.1) is 6.92 Å². The number of hydrogen-bond acceptors (Lipinski definition) is 2. The Kier molecular flexibility index (Phi) is 1.58. The zero-order valence-electron chi connectivity index (χ0n) is 9.40. The lowest BCUT2D eigenvalue weighted by Gasteiger charge is -1.97. The molecule has 0 spiro atoms. The summed E-state index contributed by atoms with van der Waals surface area (Å²) >= 11 is 0. The van der Waals surface area contributed by atoms with Gasteiger partial charge in [-0.3, -0.25) is 4.57 Å². The SMILES string of the molecule is Cc1nc2c3[nH]c(=O)n(C)c3ccc2n1C. The van der Waals surface area contributed by atoms with Gasteiger partial charge in [-0.2, -0.15) is 0 Å². The van der Waals surface area contributed by atoms with E-state index < -0.39 is 0 Å². The maximum absolute atomic E-state index is 11.5. The van der Waals surface area contributed by atoms with Gasteiger partial charge in [0.1, 0.15) is 11.3 Å². The van der Waals surface area contributed by atoms with Gasteiger partial charge in [0, 0.05) is 14.1 Å². The molecule has 3 rings (SSSR count).